The van der Waals surface area contributed by atoms with Crippen LogP contribution in [0.5, 0.6) is 0 Å². The van der Waals surface area contributed by atoms with Gasteiger partial charge in [-0.2, -0.15) is 0 Å². The number of H-pyrrole nitrogens is 2. The molecule has 3 heterocycles. The van der Waals surface area contributed by atoms with E-state index in [0.29, 0.717) is 6.54 Å². The Hall–Kier alpha value is -4.40. The Morgan fingerprint density at radius 3 is 2.16 bits per heavy atom. The molecule has 1 saturated heterocycles. The van der Waals surface area contributed by atoms with Crippen LogP contribution >= 0.6 is 0 Å². The topological polar surface area (TPSA) is 127 Å². The molecule has 4 N–H and O–H groups in total. The number of benzene rings is 2. The van der Waals surface area contributed by atoms with Crippen LogP contribution in [0.1, 0.15) is 38.6 Å². The smallest absolute Gasteiger partial charge is 0.405 e. The van der Waals surface area contributed by atoms with Crippen molar-refractivity contribution < 1.29 is 14.7 Å². The first-order valence-corrected chi connectivity index (χ1v) is 12.4. The van der Waals surface area contributed by atoms with Gasteiger partial charge in [-0.25, -0.2) is 14.8 Å². The van der Waals surface area contributed by atoms with Gasteiger partial charge < -0.3 is 25.3 Å². The van der Waals surface area contributed by atoms with Crippen LogP contribution in [-0.2, 0) is 4.79 Å². The molecule has 0 bridgehead atoms. The number of amides is 2. The lowest BCUT2D eigenvalue weighted by Gasteiger charge is -2.29. The third-order valence-corrected chi connectivity index (χ3v) is 6.88. The van der Waals surface area contributed by atoms with Gasteiger partial charge in [0.2, 0.25) is 5.91 Å². The van der Waals surface area contributed by atoms with E-state index in [1.165, 1.54) is 0 Å². The van der Waals surface area contributed by atoms with Crippen LogP contribution in [0.3, 0.4) is 0 Å². The van der Waals surface area contributed by atoms with Crippen LogP contribution in [0, 0.1) is 5.92 Å². The monoisotopic (exact) mass is 498 g/mol. The van der Waals surface area contributed by atoms with Crippen LogP contribution in [0.15, 0.2) is 67.3 Å². The first-order valence-electron chi connectivity index (χ1n) is 12.4. The van der Waals surface area contributed by atoms with Crippen molar-refractivity contribution in [1.82, 2.24) is 30.2 Å². The Balaban J connectivity index is 1.30. The van der Waals surface area contributed by atoms with Gasteiger partial charge in [0.1, 0.15) is 11.9 Å². The first-order chi connectivity index (χ1) is 17.9. The van der Waals surface area contributed by atoms with E-state index >= 15 is 0 Å². The van der Waals surface area contributed by atoms with Crippen molar-refractivity contribution in [2.45, 2.75) is 38.8 Å². The second-order valence-corrected chi connectivity index (χ2v) is 9.66. The minimum atomic E-state index is -1.19. The summed E-state index contributed by atoms with van der Waals surface area (Å²) in [6, 6.07) is 15.6. The average molecular weight is 499 g/mol. The molecule has 2 atom stereocenters. The number of carbonyl (C=O) groups is 2. The maximum Gasteiger partial charge on any atom is 0.405 e. The summed E-state index contributed by atoms with van der Waals surface area (Å²) in [5.74, 6) is 0.357. The van der Waals surface area contributed by atoms with Gasteiger partial charge in [0.25, 0.3) is 0 Å². The van der Waals surface area contributed by atoms with Gasteiger partial charge in [-0.3, -0.25) is 4.79 Å². The molecule has 0 aliphatic carbocycles. The average Bonchev–Trinajstić information content (AvgIpc) is 3.68. The standard InChI is InChI=1S/C28H30N6O3/c1-17(2)25(33-28(36)37)27(35)34-13-3-4-24(34)26-30-15-23(32-26)21-11-7-19(8-12-21)18-5-9-20(10-6-18)22-14-29-16-31-22/h5-12,14-17,24-25,33H,3-4,13H2,1-2H3,(H,29,31)(H,30,32)(H,36,37). The van der Waals surface area contributed by atoms with Crippen molar-refractivity contribution in [3.8, 4) is 33.6 Å². The number of nitrogens with one attached hydrogen (secondary N) is 3. The minimum Gasteiger partial charge on any atom is -0.465 e. The maximum absolute atomic E-state index is 13.2. The van der Waals surface area contributed by atoms with Crippen LogP contribution in [-0.4, -0.2) is 54.5 Å². The fraction of sp³-hybridized carbons (Fsp3) is 0.286. The molecular formula is C28H30N6O3. The Morgan fingerprint density at radius 2 is 1.59 bits per heavy atom. The number of likely N-dealkylation sites (tertiary alicyclic amines) is 1. The Bertz CT molecular complexity index is 1360. The third-order valence-electron chi connectivity index (χ3n) is 6.88. The van der Waals surface area contributed by atoms with Crippen molar-refractivity contribution in [2.24, 2.45) is 5.92 Å². The summed E-state index contributed by atoms with van der Waals surface area (Å²) in [6.45, 7) is 4.26. The number of imidazole rings is 2. The van der Waals surface area contributed by atoms with E-state index in [2.05, 4.69) is 73.8 Å². The van der Waals surface area contributed by atoms with Crippen LogP contribution in [0.25, 0.3) is 33.6 Å². The number of carboxylic acid groups (broad SMARTS) is 1. The molecule has 1 aliphatic rings. The number of carbonyl (C=O) groups excluding carboxylic acids is 1. The molecule has 0 spiro atoms. The normalized spacial score (nSPS) is 16.2. The fourth-order valence-electron chi connectivity index (χ4n) is 4.89. The summed E-state index contributed by atoms with van der Waals surface area (Å²) in [6.07, 6.45) is 5.70. The number of rotatable bonds is 7. The number of aromatic nitrogens is 4. The number of aromatic amines is 2. The molecule has 190 valence electrons. The molecule has 2 aromatic heterocycles. The number of nitrogens with zero attached hydrogens (tertiary/aromatic N) is 3. The zero-order chi connectivity index (χ0) is 25.9. The van der Waals surface area contributed by atoms with Crippen molar-refractivity contribution in [1.29, 1.82) is 0 Å². The summed E-state index contributed by atoms with van der Waals surface area (Å²) in [5.41, 5.74) is 6.17. The van der Waals surface area contributed by atoms with E-state index in [4.69, 9.17) is 0 Å². The number of hydrogen-bond donors (Lipinski definition) is 4. The first kappa shape index (κ1) is 24.3. The second kappa shape index (κ2) is 10.3. The molecule has 9 heteroatoms. The van der Waals surface area contributed by atoms with E-state index in [9.17, 15) is 14.7 Å². The van der Waals surface area contributed by atoms with Crippen molar-refractivity contribution in [3.63, 3.8) is 0 Å². The lowest BCUT2D eigenvalue weighted by molar-refractivity contribution is -0.135. The van der Waals surface area contributed by atoms with E-state index in [0.717, 1.165) is 52.3 Å². The molecule has 2 unspecified atom stereocenters. The molecule has 5 rings (SSSR count). The van der Waals surface area contributed by atoms with Gasteiger partial charge in [0.05, 0.1) is 36.2 Å². The van der Waals surface area contributed by atoms with Gasteiger partial charge in [-0.05, 0) is 41.0 Å². The Labute approximate surface area is 215 Å². The highest BCUT2D eigenvalue weighted by Crippen LogP contribution is 2.33. The van der Waals surface area contributed by atoms with Gasteiger partial charge >= 0.3 is 6.09 Å². The summed E-state index contributed by atoms with van der Waals surface area (Å²) in [7, 11) is 0. The zero-order valence-electron chi connectivity index (χ0n) is 20.8. The molecule has 1 fully saturated rings. The molecule has 0 radical (unpaired) electrons. The SMILES string of the molecule is CC(C)C(NC(=O)O)C(=O)N1CCCC1c1ncc(-c2ccc(-c3ccc(-c4cnc[nH]4)cc3)cc2)[nH]1. The number of hydrogen-bond acceptors (Lipinski definition) is 4. The van der Waals surface area contributed by atoms with Gasteiger partial charge in [0.15, 0.2) is 0 Å². The lowest BCUT2D eigenvalue weighted by atomic mass is 10.0. The van der Waals surface area contributed by atoms with Crippen LogP contribution < -0.4 is 5.32 Å². The summed E-state index contributed by atoms with van der Waals surface area (Å²) in [5, 5.41) is 11.6. The minimum absolute atomic E-state index is 0.155. The molecule has 9 nitrogen and oxygen atoms in total. The summed E-state index contributed by atoms with van der Waals surface area (Å²) in [4.78, 5) is 41.3. The highest BCUT2D eigenvalue weighted by molar-refractivity contribution is 5.86. The van der Waals surface area contributed by atoms with E-state index < -0.39 is 12.1 Å². The van der Waals surface area contributed by atoms with Gasteiger partial charge in [0, 0.05) is 6.54 Å². The molecule has 0 saturated carbocycles. The molecule has 2 amide bonds. The quantitative estimate of drug-likeness (QED) is 0.282. The van der Waals surface area contributed by atoms with Gasteiger partial charge in [-0.15, -0.1) is 0 Å². The van der Waals surface area contributed by atoms with E-state index in [1.54, 1.807) is 23.6 Å². The third kappa shape index (κ3) is 5.11. The molecule has 37 heavy (non-hydrogen) atoms. The molecule has 1 aliphatic heterocycles. The fourth-order valence-corrected chi connectivity index (χ4v) is 4.89. The maximum atomic E-state index is 13.2. The zero-order valence-corrected chi connectivity index (χ0v) is 20.8. The van der Waals surface area contributed by atoms with Crippen molar-refractivity contribution in [2.75, 3.05) is 6.54 Å². The summed E-state index contributed by atoms with van der Waals surface area (Å²) < 4.78 is 0. The van der Waals surface area contributed by atoms with Crippen molar-refractivity contribution in [3.05, 3.63) is 73.1 Å². The second-order valence-electron chi connectivity index (χ2n) is 9.66. The van der Waals surface area contributed by atoms with Crippen molar-refractivity contribution >= 4 is 12.0 Å². The van der Waals surface area contributed by atoms with E-state index in [1.807, 2.05) is 13.8 Å². The largest absolute Gasteiger partial charge is 0.465 e. The summed E-state index contributed by atoms with van der Waals surface area (Å²) >= 11 is 0. The van der Waals surface area contributed by atoms with Crippen LogP contribution in [0.4, 0.5) is 4.79 Å². The van der Waals surface area contributed by atoms with Gasteiger partial charge in [-0.1, -0.05) is 62.4 Å². The predicted molar refractivity (Wildman–Crippen MR) is 141 cm³/mol. The Morgan fingerprint density at radius 1 is 0.973 bits per heavy atom. The van der Waals surface area contributed by atoms with E-state index in [-0.39, 0.29) is 17.9 Å². The molecule has 2 aromatic carbocycles. The predicted octanol–water partition coefficient (Wildman–Crippen LogP) is 5.09. The Kier molecular flexibility index (Phi) is 6.76. The highest BCUT2D eigenvalue weighted by Gasteiger charge is 2.37. The molecule has 4 aromatic rings. The van der Waals surface area contributed by atoms with Crippen LogP contribution in [0.2, 0.25) is 0 Å². The lowest BCUT2D eigenvalue weighted by Crippen LogP contribution is -2.50. The molecular weight excluding hydrogens is 468 g/mol. The highest BCUT2D eigenvalue weighted by atomic mass is 16.4.